The molecule has 1 saturated heterocycles. The van der Waals surface area contributed by atoms with Gasteiger partial charge in [0, 0.05) is 12.3 Å². The number of rotatable bonds is 7. The number of esters is 1. The fourth-order valence-electron chi connectivity index (χ4n) is 2.23. The van der Waals surface area contributed by atoms with Crippen LogP contribution in [0.5, 0.6) is 0 Å². The smallest absolute Gasteiger partial charge is 0.362 e. The molecule has 0 unspecified atom stereocenters. The minimum atomic E-state index is -4.90. The standard InChI is InChI=1S/C12H15N5O8S2/c1-5(18)25-3-7-9(11(20)17(7)27(21,22)23)15-10(19)8(16-24-2)6-4-26-12(13)14-6/h4,7,9H,3H2,1-2H3,(H2,13,14)(H,15,19)(H,21,22,23)/b16-8-/t7-,9+/m0/s1. The number of hydrogen-bond donors (Lipinski definition) is 3. The molecule has 4 N–H and O–H groups in total. The van der Waals surface area contributed by atoms with Gasteiger partial charge < -0.3 is 20.6 Å². The molecule has 0 aliphatic carbocycles. The zero-order valence-corrected chi connectivity index (χ0v) is 15.6. The Morgan fingerprint density at radius 3 is 2.67 bits per heavy atom. The Kier molecular flexibility index (Phi) is 5.97. The molecular weight excluding hydrogens is 406 g/mol. The summed E-state index contributed by atoms with van der Waals surface area (Å²) in [6.45, 7) is 0.508. The molecule has 1 aliphatic heterocycles. The van der Waals surface area contributed by atoms with E-state index in [0.717, 1.165) is 18.3 Å². The van der Waals surface area contributed by atoms with Gasteiger partial charge in [0.05, 0.1) is 0 Å². The predicted molar refractivity (Wildman–Crippen MR) is 90.8 cm³/mol. The Labute approximate surface area is 157 Å². The molecule has 0 spiro atoms. The first-order valence-electron chi connectivity index (χ1n) is 7.13. The average molecular weight is 421 g/mol. The second-order valence-electron chi connectivity index (χ2n) is 5.13. The average Bonchev–Trinajstić information content (AvgIpc) is 2.98. The Bertz CT molecular complexity index is 895. The van der Waals surface area contributed by atoms with E-state index < -0.39 is 46.8 Å². The fourth-order valence-corrected chi connectivity index (χ4v) is 3.64. The number of nitrogens with zero attached hydrogens (tertiary/aromatic N) is 3. The number of nitrogens with one attached hydrogen (secondary N) is 1. The number of anilines is 1. The maximum Gasteiger partial charge on any atom is 0.362 e. The summed E-state index contributed by atoms with van der Waals surface area (Å²) in [6.07, 6.45) is 0. The van der Waals surface area contributed by atoms with Crippen molar-refractivity contribution >= 4 is 50.3 Å². The summed E-state index contributed by atoms with van der Waals surface area (Å²) in [6, 6.07) is -2.72. The van der Waals surface area contributed by atoms with E-state index in [-0.39, 0.29) is 20.8 Å². The van der Waals surface area contributed by atoms with Crippen LogP contribution in [0.1, 0.15) is 12.6 Å². The number of nitrogens with two attached hydrogens (primary N) is 1. The maximum absolute atomic E-state index is 12.4. The van der Waals surface area contributed by atoms with Gasteiger partial charge >= 0.3 is 16.3 Å². The number of aromatic nitrogens is 1. The molecular formula is C12H15N5O8S2. The highest BCUT2D eigenvalue weighted by Crippen LogP contribution is 2.24. The van der Waals surface area contributed by atoms with Crippen molar-refractivity contribution in [1.82, 2.24) is 14.6 Å². The molecule has 27 heavy (non-hydrogen) atoms. The van der Waals surface area contributed by atoms with Crippen molar-refractivity contribution in [3.8, 4) is 0 Å². The predicted octanol–water partition coefficient (Wildman–Crippen LogP) is -1.86. The van der Waals surface area contributed by atoms with E-state index >= 15 is 0 Å². The molecule has 0 aromatic carbocycles. The molecule has 2 heterocycles. The molecule has 13 nitrogen and oxygen atoms in total. The molecule has 2 amide bonds. The maximum atomic E-state index is 12.4. The molecule has 0 radical (unpaired) electrons. The van der Waals surface area contributed by atoms with Gasteiger partial charge in [-0.05, 0) is 0 Å². The lowest BCUT2D eigenvalue weighted by molar-refractivity contribution is -0.154. The molecule has 1 fully saturated rings. The molecule has 1 aliphatic rings. The van der Waals surface area contributed by atoms with Gasteiger partial charge in [-0.25, -0.2) is 9.29 Å². The van der Waals surface area contributed by atoms with Gasteiger partial charge in [0.2, 0.25) is 0 Å². The van der Waals surface area contributed by atoms with Crippen molar-refractivity contribution in [3.05, 3.63) is 11.1 Å². The number of β-lactam (4-membered cyclic amide) rings is 1. The van der Waals surface area contributed by atoms with Crippen LogP contribution in [0.15, 0.2) is 10.5 Å². The van der Waals surface area contributed by atoms with Crippen molar-refractivity contribution in [1.29, 1.82) is 0 Å². The summed E-state index contributed by atoms with van der Waals surface area (Å²) >= 11 is 1.04. The minimum absolute atomic E-state index is 0.0757. The zero-order valence-electron chi connectivity index (χ0n) is 14.0. The SMILES string of the molecule is CO/N=C(\C(=O)N[C@H]1C(=O)N(S(=O)(=O)O)[C@H]1COC(C)=O)c1csc(N)n1. The largest absolute Gasteiger partial charge is 0.464 e. The number of ether oxygens (including phenoxy) is 1. The Morgan fingerprint density at radius 2 is 2.19 bits per heavy atom. The third-order valence-electron chi connectivity index (χ3n) is 3.32. The third kappa shape index (κ3) is 4.50. The first kappa shape index (κ1) is 20.5. The second-order valence-corrected chi connectivity index (χ2v) is 7.31. The number of nitrogen functional groups attached to an aromatic ring is 1. The topological polar surface area (TPSA) is 191 Å². The quantitative estimate of drug-likeness (QED) is 0.148. The van der Waals surface area contributed by atoms with Gasteiger partial charge in [0.1, 0.15) is 31.5 Å². The second kappa shape index (κ2) is 7.85. The van der Waals surface area contributed by atoms with Crippen LogP contribution >= 0.6 is 11.3 Å². The lowest BCUT2D eigenvalue weighted by Crippen LogP contribution is -2.73. The molecule has 2 atom stereocenters. The van der Waals surface area contributed by atoms with Gasteiger partial charge in [0.15, 0.2) is 10.8 Å². The van der Waals surface area contributed by atoms with Gasteiger partial charge in [0.25, 0.3) is 11.8 Å². The van der Waals surface area contributed by atoms with E-state index in [1.165, 1.54) is 12.5 Å². The summed E-state index contributed by atoms with van der Waals surface area (Å²) in [7, 11) is -3.72. The molecule has 1 aromatic heterocycles. The van der Waals surface area contributed by atoms with Crippen molar-refractivity contribution in [2.24, 2.45) is 5.16 Å². The van der Waals surface area contributed by atoms with Gasteiger partial charge in [-0.15, -0.1) is 11.3 Å². The van der Waals surface area contributed by atoms with Gasteiger partial charge in [-0.1, -0.05) is 5.16 Å². The highest BCUT2D eigenvalue weighted by molar-refractivity contribution is 7.84. The normalized spacial score (nSPS) is 20.0. The van der Waals surface area contributed by atoms with Crippen LogP contribution in [-0.2, 0) is 34.3 Å². The van der Waals surface area contributed by atoms with Crippen LogP contribution in [0.2, 0.25) is 0 Å². The molecule has 1 aromatic rings. The molecule has 15 heteroatoms. The molecule has 148 valence electrons. The highest BCUT2D eigenvalue weighted by Gasteiger charge is 2.54. The number of thiazole rings is 1. The minimum Gasteiger partial charge on any atom is -0.464 e. The van der Waals surface area contributed by atoms with Crippen LogP contribution in [0.3, 0.4) is 0 Å². The van der Waals surface area contributed by atoms with Crippen LogP contribution in [0.25, 0.3) is 0 Å². The van der Waals surface area contributed by atoms with Crippen molar-refractivity contribution in [2.75, 3.05) is 19.5 Å². The number of hydrogen-bond acceptors (Lipinski definition) is 11. The lowest BCUT2D eigenvalue weighted by Gasteiger charge is -2.43. The molecule has 0 bridgehead atoms. The first-order chi connectivity index (χ1) is 12.6. The highest BCUT2D eigenvalue weighted by atomic mass is 32.2. The Hall–Kier alpha value is -2.78. The molecule has 0 saturated carbocycles. The summed E-state index contributed by atoms with van der Waals surface area (Å²) in [5.41, 5.74) is 5.27. The lowest BCUT2D eigenvalue weighted by atomic mass is 9.99. The third-order valence-corrected chi connectivity index (χ3v) is 4.95. The van der Waals surface area contributed by atoms with Crippen LogP contribution in [0, 0.1) is 0 Å². The Morgan fingerprint density at radius 1 is 1.52 bits per heavy atom. The number of amides is 2. The van der Waals surface area contributed by atoms with E-state index in [1.54, 1.807) is 0 Å². The van der Waals surface area contributed by atoms with Crippen LogP contribution in [0.4, 0.5) is 5.13 Å². The number of oxime groups is 1. The summed E-state index contributed by atoms with van der Waals surface area (Å²) < 4.78 is 36.5. The Balaban J connectivity index is 2.22. The number of carbonyl (C=O) groups excluding carboxylic acids is 3. The summed E-state index contributed by atoms with van der Waals surface area (Å²) in [5, 5.41) is 7.36. The monoisotopic (exact) mass is 421 g/mol. The van der Waals surface area contributed by atoms with Crippen molar-refractivity contribution in [3.63, 3.8) is 0 Å². The first-order valence-corrected chi connectivity index (χ1v) is 9.41. The van der Waals surface area contributed by atoms with Gasteiger partial charge in [-0.3, -0.25) is 18.9 Å². The van der Waals surface area contributed by atoms with E-state index in [1.807, 2.05) is 0 Å². The number of carbonyl (C=O) groups is 3. The fraction of sp³-hybridized carbons (Fsp3) is 0.417. The van der Waals surface area contributed by atoms with Crippen molar-refractivity contribution in [2.45, 2.75) is 19.0 Å². The zero-order chi connectivity index (χ0) is 20.4. The van der Waals surface area contributed by atoms with E-state index in [0.29, 0.717) is 0 Å². The van der Waals surface area contributed by atoms with E-state index in [2.05, 4.69) is 25.0 Å². The van der Waals surface area contributed by atoms with E-state index in [4.69, 9.17) is 10.3 Å². The van der Waals surface area contributed by atoms with Crippen molar-refractivity contribution < 1.29 is 36.9 Å². The van der Waals surface area contributed by atoms with E-state index in [9.17, 15) is 22.8 Å². The van der Waals surface area contributed by atoms with Crippen LogP contribution < -0.4 is 11.1 Å². The summed E-state index contributed by atoms with van der Waals surface area (Å²) in [4.78, 5) is 43.9. The van der Waals surface area contributed by atoms with Gasteiger partial charge in [-0.2, -0.15) is 8.42 Å². The molecule has 2 rings (SSSR count). The summed E-state index contributed by atoms with van der Waals surface area (Å²) in [5.74, 6) is -2.77. The van der Waals surface area contributed by atoms with Crippen LogP contribution in [-0.4, -0.2) is 71.6 Å².